The fourth-order valence-electron chi connectivity index (χ4n) is 3.29. The van der Waals surface area contributed by atoms with Gasteiger partial charge in [0.15, 0.2) is 0 Å². The molecule has 3 atom stereocenters. The molecule has 5 heteroatoms. The maximum absolute atomic E-state index is 11.2. The van der Waals surface area contributed by atoms with Crippen LogP contribution in [0.2, 0.25) is 5.02 Å². The number of nitrogens with zero attached hydrogens (tertiary/aromatic N) is 1. The van der Waals surface area contributed by atoms with Gasteiger partial charge in [-0.2, -0.15) is 0 Å². The van der Waals surface area contributed by atoms with E-state index < -0.39 is 11.0 Å². The number of aliphatic hydroxyl groups excluding tert-OH is 1. The Balaban J connectivity index is 2.22. The summed E-state index contributed by atoms with van der Waals surface area (Å²) < 4.78 is 0. The van der Waals surface area contributed by atoms with Crippen LogP contribution in [0.1, 0.15) is 38.7 Å². The molecule has 4 nitrogen and oxygen atoms in total. The van der Waals surface area contributed by atoms with E-state index in [0.29, 0.717) is 28.8 Å². The second-order valence-electron chi connectivity index (χ2n) is 6.34. The van der Waals surface area contributed by atoms with Crippen LogP contribution in [0.5, 0.6) is 0 Å². The summed E-state index contributed by atoms with van der Waals surface area (Å²) in [4.78, 5) is 10.8. The van der Waals surface area contributed by atoms with Crippen LogP contribution in [0.15, 0.2) is 18.2 Å². The lowest BCUT2D eigenvalue weighted by Gasteiger charge is -2.35. The maximum atomic E-state index is 11.2. The highest BCUT2D eigenvalue weighted by Gasteiger charge is 2.32. The molecule has 3 unspecified atom stereocenters. The summed E-state index contributed by atoms with van der Waals surface area (Å²) in [5, 5.41) is 21.8. The van der Waals surface area contributed by atoms with Crippen LogP contribution in [-0.2, 0) is 6.42 Å². The summed E-state index contributed by atoms with van der Waals surface area (Å²) in [6.07, 6.45) is 2.78. The van der Waals surface area contributed by atoms with E-state index in [4.69, 9.17) is 11.6 Å². The van der Waals surface area contributed by atoms with E-state index in [2.05, 4.69) is 13.8 Å². The summed E-state index contributed by atoms with van der Waals surface area (Å²) in [6.45, 7) is 4.38. The van der Waals surface area contributed by atoms with Crippen LogP contribution in [0.25, 0.3) is 0 Å². The van der Waals surface area contributed by atoms with Crippen molar-refractivity contribution in [1.29, 1.82) is 0 Å². The Morgan fingerprint density at radius 2 is 2.14 bits per heavy atom. The molecule has 21 heavy (non-hydrogen) atoms. The molecule has 1 aliphatic carbocycles. The molecule has 0 radical (unpaired) electrons. The molecule has 1 aromatic carbocycles. The van der Waals surface area contributed by atoms with E-state index in [1.165, 1.54) is 6.07 Å². The lowest BCUT2D eigenvalue weighted by atomic mass is 9.73. The first-order valence-corrected chi connectivity index (χ1v) is 7.87. The average molecular weight is 312 g/mol. The smallest absolute Gasteiger partial charge is 0.274 e. The minimum atomic E-state index is -0.393. The number of halogens is 1. The van der Waals surface area contributed by atoms with Crippen molar-refractivity contribution in [2.75, 3.05) is 0 Å². The van der Waals surface area contributed by atoms with E-state index in [1.807, 2.05) is 0 Å². The summed E-state index contributed by atoms with van der Waals surface area (Å²) in [7, 11) is 0. The normalized spacial score (nSPS) is 26.0. The van der Waals surface area contributed by atoms with Crippen LogP contribution in [0, 0.1) is 27.9 Å². The van der Waals surface area contributed by atoms with E-state index in [1.54, 1.807) is 12.1 Å². The Morgan fingerprint density at radius 3 is 2.76 bits per heavy atom. The minimum absolute atomic E-state index is 0.0461. The van der Waals surface area contributed by atoms with Crippen molar-refractivity contribution in [2.24, 2.45) is 17.8 Å². The zero-order chi connectivity index (χ0) is 15.6. The van der Waals surface area contributed by atoms with Crippen molar-refractivity contribution in [2.45, 2.75) is 45.6 Å². The van der Waals surface area contributed by atoms with Gasteiger partial charge >= 0.3 is 0 Å². The van der Waals surface area contributed by atoms with Crippen molar-refractivity contribution in [3.8, 4) is 0 Å². The van der Waals surface area contributed by atoms with E-state index in [0.717, 1.165) is 19.3 Å². The molecule has 1 N–H and O–H groups in total. The van der Waals surface area contributed by atoms with Gasteiger partial charge in [-0.1, -0.05) is 31.5 Å². The van der Waals surface area contributed by atoms with Gasteiger partial charge in [0, 0.05) is 11.6 Å². The predicted octanol–water partition coefficient (Wildman–Crippen LogP) is 4.22. The lowest BCUT2D eigenvalue weighted by molar-refractivity contribution is -0.385. The van der Waals surface area contributed by atoms with Gasteiger partial charge < -0.3 is 5.11 Å². The summed E-state index contributed by atoms with van der Waals surface area (Å²) in [6, 6.07) is 4.76. The Kier molecular flexibility index (Phi) is 5.22. The number of rotatable bonds is 4. The van der Waals surface area contributed by atoms with Crippen molar-refractivity contribution in [3.63, 3.8) is 0 Å². The third kappa shape index (κ3) is 3.74. The van der Waals surface area contributed by atoms with Gasteiger partial charge in [-0.3, -0.25) is 10.1 Å². The Labute approximate surface area is 130 Å². The maximum Gasteiger partial charge on any atom is 0.274 e. The minimum Gasteiger partial charge on any atom is -0.393 e. The summed E-state index contributed by atoms with van der Waals surface area (Å²) in [5.74, 6) is 1.19. The molecule has 1 aliphatic rings. The van der Waals surface area contributed by atoms with E-state index >= 15 is 0 Å². The van der Waals surface area contributed by atoms with Gasteiger partial charge in [-0.05, 0) is 49.5 Å². The van der Waals surface area contributed by atoms with Crippen LogP contribution < -0.4 is 0 Å². The molecule has 0 aliphatic heterocycles. The number of benzene rings is 1. The quantitative estimate of drug-likeness (QED) is 0.668. The largest absolute Gasteiger partial charge is 0.393 e. The fraction of sp³-hybridized carbons (Fsp3) is 0.625. The zero-order valence-corrected chi connectivity index (χ0v) is 13.2. The van der Waals surface area contributed by atoms with Gasteiger partial charge in [0.2, 0.25) is 0 Å². The third-order valence-corrected chi connectivity index (χ3v) is 5.04. The van der Waals surface area contributed by atoms with E-state index in [9.17, 15) is 15.2 Å². The molecule has 0 spiro atoms. The molecular formula is C16H22ClNO3. The monoisotopic (exact) mass is 311 g/mol. The summed E-state index contributed by atoms with van der Waals surface area (Å²) in [5.41, 5.74) is 0.610. The molecule has 116 valence electrons. The van der Waals surface area contributed by atoms with Crippen LogP contribution in [0.4, 0.5) is 5.69 Å². The molecular weight excluding hydrogens is 290 g/mol. The van der Waals surface area contributed by atoms with Crippen molar-refractivity contribution in [1.82, 2.24) is 0 Å². The molecule has 1 saturated carbocycles. The van der Waals surface area contributed by atoms with Crippen LogP contribution in [-0.4, -0.2) is 16.1 Å². The summed E-state index contributed by atoms with van der Waals surface area (Å²) >= 11 is 6.15. The zero-order valence-electron chi connectivity index (χ0n) is 12.5. The second kappa shape index (κ2) is 6.75. The highest BCUT2D eigenvalue weighted by molar-refractivity contribution is 6.31. The Bertz CT molecular complexity index is 518. The first-order valence-electron chi connectivity index (χ1n) is 7.50. The van der Waals surface area contributed by atoms with Crippen molar-refractivity contribution < 1.29 is 10.0 Å². The van der Waals surface area contributed by atoms with E-state index in [-0.39, 0.29) is 11.6 Å². The van der Waals surface area contributed by atoms with Crippen molar-refractivity contribution in [3.05, 3.63) is 38.9 Å². The standard InChI is InChI=1S/C16H22ClNO3/c1-10(2)11-6-7-16(19)12(8-11)9-13-14(17)4-3-5-15(13)18(20)21/h3-5,10-12,16,19H,6-9H2,1-2H3. The first kappa shape index (κ1) is 16.2. The lowest BCUT2D eigenvalue weighted by Crippen LogP contribution is -2.32. The molecule has 1 aromatic rings. The Hall–Kier alpha value is -1.13. The third-order valence-electron chi connectivity index (χ3n) is 4.68. The number of nitro benzene ring substituents is 1. The van der Waals surface area contributed by atoms with Gasteiger partial charge in [0.25, 0.3) is 5.69 Å². The van der Waals surface area contributed by atoms with Gasteiger partial charge in [-0.15, -0.1) is 0 Å². The molecule has 1 fully saturated rings. The average Bonchev–Trinajstić information content (AvgIpc) is 2.42. The first-order chi connectivity index (χ1) is 9.90. The fourth-order valence-corrected chi connectivity index (χ4v) is 3.54. The van der Waals surface area contributed by atoms with Crippen molar-refractivity contribution >= 4 is 17.3 Å². The topological polar surface area (TPSA) is 63.4 Å². The Morgan fingerprint density at radius 1 is 1.43 bits per heavy atom. The number of hydrogen-bond donors (Lipinski definition) is 1. The molecule has 0 heterocycles. The SMILES string of the molecule is CC(C)C1CCC(O)C(Cc2c(Cl)cccc2[N+](=O)[O-])C1. The number of hydrogen-bond acceptors (Lipinski definition) is 3. The predicted molar refractivity (Wildman–Crippen MR) is 83.5 cm³/mol. The highest BCUT2D eigenvalue weighted by atomic mass is 35.5. The van der Waals surface area contributed by atoms with Gasteiger partial charge in [0.1, 0.15) is 0 Å². The second-order valence-corrected chi connectivity index (χ2v) is 6.75. The number of aliphatic hydroxyl groups is 1. The highest BCUT2D eigenvalue weighted by Crippen LogP contribution is 2.38. The van der Waals surface area contributed by atoms with Crippen LogP contribution in [0.3, 0.4) is 0 Å². The number of nitro groups is 1. The van der Waals surface area contributed by atoms with Gasteiger partial charge in [-0.25, -0.2) is 0 Å². The van der Waals surface area contributed by atoms with Gasteiger partial charge in [0.05, 0.1) is 16.0 Å². The molecule has 2 rings (SSSR count). The molecule has 0 bridgehead atoms. The molecule has 0 amide bonds. The molecule has 0 saturated heterocycles. The van der Waals surface area contributed by atoms with Crippen LogP contribution >= 0.6 is 11.6 Å². The molecule has 0 aromatic heterocycles.